The number of rotatable bonds is 5. The third kappa shape index (κ3) is 3.99. The number of urea groups is 1. The average Bonchev–Trinajstić information content (AvgIpc) is 2.92. The van der Waals surface area contributed by atoms with Crippen molar-refractivity contribution in [2.45, 2.75) is 13.5 Å². The van der Waals surface area contributed by atoms with Gasteiger partial charge in [0.1, 0.15) is 5.75 Å². The van der Waals surface area contributed by atoms with E-state index in [1.165, 1.54) is 0 Å². The van der Waals surface area contributed by atoms with Gasteiger partial charge in [0.2, 0.25) is 0 Å². The summed E-state index contributed by atoms with van der Waals surface area (Å²) in [5.74, 6) is 0.677. The summed E-state index contributed by atoms with van der Waals surface area (Å²) in [6.45, 7) is 3.00. The number of para-hydroxylation sites is 2. The molecule has 2 N–H and O–H groups in total. The number of hydrogen-bond acceptors (Lipinski definition) is 3. The molecule has 19 heavy (non-hydrogen) atoms. The molecule has 0 fully saturated rings. The lowest BCUT2D eigenvalue weighted by Crippen LogP contribution is -2.28. The number of amides is 2. The standard InChI is InChI=1S/C14H16N2O2S/c1-2-18-13-8-4-3-7-12(13)16-14(17)15-10-11-6-5-9-19-11/h3-9H,2,10H2,1H3,(H2,15,16,17). The Morgan fingerprint density at radius 1 is 1.26 bits per heavy atom. The van der Waals surface area contributed by atoms with Crippen molar-refractivity contribution in [1.29, 1.82) is 0 Å². The zero-order chi connectivity index (χ0) is 13.5. The predicted molar refractivity (Wildman–Crippen MR) is 77.8 cm³/mol. The highest BCUT2D eigenvalue weighted by atomic mass is 32.1. The molecular weight excluding hydrogens is 260 g/mol. The Balaban J connectivity index is 1.91. The molecule has 4 nitrogen and oxygen atoms in total. The molecule has 0 aliphatic heterocycles. The van der Waals surface area contributed by atoms with Crippen LogP contribution in [0.2, 0.25) is 0 Å². The summed E-state index contributed by atoms with van der Waals surface area (Å²) < 4.78 is 5.45. The highest BCUT2D eigenvalue weighted by Gasteiger charge is 2.06. The van der Waals surface area contributed by atoms with Gasteiger partial charge in [0.05, 0.1) is 18.8 Å². The molecule has 100 valence electrons. The summed E-state index contributed by atoms with van der Waals surface area (Å²) in [5, 5.41) is 7.58. The number of ether oxygens (including phenoxy) is 1. The molecule has 0 spiro atoms. The fourth-order valence-electron chi connectivity index (χ4n) is 1.60. The minimum absolute atomic E-state index is 0.236. The van der Waals surface area contributed by atoms with Gasteiger partial charge in [-0.25, -0.2) is 4.79 Å². The third-order valence-electron chi connectivity index (χ3n) is 2.44. The lowest BCUT2D eigenvalue weighted by molar-refractivity contribution is 0.251. The van der Waals surface area contributed by atoms with E-state index in [-0.39, 0.29) is 6.03 Å². The number of carbonyl (C=O) groups excluding carboxylic acids is 1. The van der Waals surface area contributed by atoms with Gasteiger partial charge in [0.25, 0.3) is 0 Å². The maximum absolute atomic E-state index is 11.8. The van der Waals surface area contributed by atoms with Crippen LogP contribution in [0.1, 0.15) is 11.8 Å². The van der Waals surface area contributed by atoms with Crippen molar-refractivity contribution in [2.24, 2.45) is 0 Å². The Labute approximate surface area is 116 Å². The van der Waals surface area contributed by atoms with Crippen LogP contribution in [0.4, 0.5) is 10.5 Å². The van der Waals surface area contributed by atoms with Crippen LogP contribution in [0.15, 0.2) is 41.8 Å². The van der Waals surface area contributed by atoms with E-state index >= 15 is 0 Å². The number of carbonyl (C=O) groups is 1. The SMILES string of the molecule is CCOc1ccccc1NC(=O)NCc1cccs1. The van der Waals surface area contributed by atoms with Crippen molar-refractivity contribution >= 4 is 23.1 Å². The van der Waals surface area contributed by atoms with E-state index in [0.717, 1.165) is 4.88 Å². The Morgan fingerprint density at radius 2 is 2.11 bits per heavy atom. The summed E-state index contributed by atoms with van der Waals surface area (Å²) in [4.78, 5) is 12.9. The van der Waals surface area contributed by atoms with Crippen LogP contribution in [0.25, 0.3) is 0 Å². The second kappa shape index (κ2) is 6.80. The Hall–Kier alpha value is -2.01. The molecule has 1 aromatic carbocycles. The molecule has 2 aromatic rings. The minimum Gasteiger partial charge on any atom is -0.492 e. The summed E-state index contributed by atoms with van der Waals surface area (Å²) in [6, 6.07) is 11.1. The van der Waals surface area contributed by atoms with Crippen LogP contribution in [0.3, 0.4) is 0 Å². The van der Waals surface area contributed by atoms with Gasteiger partial charge >= 0.3 is 6.03 Å². The maximum atomic E-state index is 11.8. The zero-order valence-electron chi connectivity index (χ0n) is 10.7. The van der Waals surface area contributed by atoms with Gasteiger partial charge in [-0.1, -0.05) is 18.2 Å². The molecule has 0 saturated heterocycles. The van der Waals surface area contributed by atoms with Gasteiger partial charge in [-0.05, 0) is 30.5 Å². The molecule has 0 radical (unpaired) electrons. The molecule has 1 heterocycles. The number of hydrogen-bond donors (Lipinski definition) is 2. The molecular formula is C14H16N2O2S. The second-order valence-corrected chi connectivity index (χ2v) is 4.85. The van der Waals surface area contributed by atoms with E-state index < -0.39 is 0 Å². The van der Waals surface area contributed by atoms with Crippen LogP contribution in [0, 0.1) is 0 Å². The lowest BCUT2D eigenvalue weighted by atomic mass is 10.3. The smallest absolute Gasteiger partial charge is 0.319 e. The largest absolute Gasteiger partial charge is 0.492 e. The molecule has 0 aliphatic rings. The van der Waals surface area contributed by atoms with Crippen molar-refractivity contribution < 1.29 is 9.53 Å². The Bertz CT molecular complexity index is 526. The molecule has 2 rings (SSSR count). The van der Waals surface area contributed by atoms with Crippen LogP contribution >= 0.6 is 11.3 Å². The topological polar surface area (TPSA) is 50.4 Å². The van der Waals surface area contributed by atoms with Gasteiger partial charge in [-0.2, -0.15) is 0 Å². The van der Waals surface area contributed by atoms with Gasteiger partial charge < -0.3 is 15.4 Å². The highest BCUT2D eigenvalue weighted by Crippen LogP contribution is 2.23. The summed E-state index contributed by atoms with van der Waals surface area (Å²) in [7, 11) is 0. The molecule has 1 aromatic heterocycles. The van der Waals surface area contributed by atoms with Crippen LogP contribution in [0.5, 0.6) is 5.75 Å². The normalized spacial score (nSPS) is 9.95. The van der Waals surface area contributed by atoms with Crippen LogP contribution < -0.4 is 15.4 Å². The van der Waals surface area contributed by atoms with Crippen molar-refractivity contribution in [3.63, 3.8) is 0 Å². The maximum Gasteiger partial charge on any atom is 0.319 e. The fraction of sp³-hybridized carbons (Fsp3) is 0.214. The van der Waals surface area contributed by atoms with E-state index in [2.05, 4.69) is 10.6 Å². The van der Waals surface area contributed by atoms with Crippen molar-refractivity contribution in [3.8, 4) is 5.75 Å². The molecule has 0 bridgehead atoms. The van der Waals surface area contributed by atoms with E-state index in [1.54, 1.807) is 11.3 Å². The molecule has 0 saturated carbocycles. The predicted octanol–water partition coefficient (Wildman–Crippen LogP) is 3.47. The first kappa shape index (κ1) is 13.4. The highest BCUT2D eigenvalue weighted by molar-refractivity contribution is 7.09. The number of nitrogens with one attached hydrogen (secondary N) is 2. The monoisotopic (exact) mass is 276 g/mol. The Kier molecular flexibility index (Phi) is 4.80. The first-order chi connectivity index (χ1) is 9.29. The number of thiophene rings is 1. The first-order valence-corrected chi connectivity index (χ1v) is 6.96. The van der Waals surface area contributed by atoms with E-state index in [4.69, 9.17) is 4.74 Å². The zero-order valence-corrected chi connectivity index (χ0v) is 11.5. The quantitative estimate of drug-likeness (QED) is 0.878. The Morgan fingerprint density at radius 3 is 2.84 bits per heavy atom. The number of anilines is 1. The third-order valence-corrected chi connectivity index (χ3v) is 3.31. The summed E-state index contributed by atoms with van der Waals surface area (Å²) in [5.41, 5.74) is 0.674. The minimum atomic E-state index is -0.236. The van der Waals surface area contributed by atoms with E-state index in [9.17, 15) is 4.79 Å². The molecule has 0 unspecified atom stereocenters. The van der Waals surface area contributed by atoms with Crippen molar-refractivity contribution in [2.75, 3.05) is 11.9 Å². The van der Waals surface area contributed by atoms with Gasteiger partial charge in [-0.3, -0.25) is 0 Å². The molecule has 5 heteroatoms. The van der Waals surface area contributed by atoms with Gasteiger partial charge in [0.15, 0.2) is 0 Å². The lowest BCUT2D eigenvalue weighted by Gasteiger charge is -2.11. The fourth-order valence-corrected chi connectivity index (χ4v) is 2.24. The van der Waals surface area contributed by atoms with Gasteiger partial charge in [0, 0.05) is 4.88 Å². The molecule has 2 amide bonds. The first-order valence-electron chi connectivity index (χ1n) is 6.08. The van der Waals surface area contributed by atoms with Crippen LogP contribution in [-0.4, -0.2) is 12.6 Å². The number of benzene rings is 1. The van der Waals surface area contributed by atoms with Crippen molar-refractivity contribution in [1.82, 2.24) is 5.32 Å². The van der Waals surface area contributed by atoms with E-state index in [1.807, 2.05) is 48.7 Å². The summed E-state index contributed by atoms with van der Waals surface area (Å²) in [6.07, 6.45) is 0. The molecule has 0 aliphatic carbocycles. The van der Waals surface area contributed by atoms with Crippen molar-refractivity contribution in [3.05, 3.63) is 46.7 Å². The summed E-state index contributed by atoms with van der Waals surface area (Å²) >= 11 is 1.62. The van der Waals surface area contributed by atoms with Crippen LogP contribution in [-0.2, 0) is 6.54 Å². The second-order valence-electron chi connectivity index (χ2n) is 3.82. The van der Waals surface area contributed by atoms with Gasteiger partial charge in [-0.15, -0.1) is 11.3 Å². The average molecular weight is 276 g/mol. The molecule has 0 atom stereocenters. The van der Waals surface area contributed by atoms with E-state index in [0.29, 0.717) is 24.6 Å².